The molecule has 0 aromatic heterocycles. The largest absolute Gasteiger partial charge is 0.481 e. The second kappa shape index (κ2) is 7.25. The Balaban J connectivity index is 1.85. The van der Waals surface area contributed by atoms with Crippen molar-refractivity contribution in [2.45, 2.75) is 51.1 Å². The average Bonchev–Trinajstić information content (AvgIpc) is 2.65. The van der Waals surface area contributed by atoms with Crippen LogP contribution in [0, 0.1) is 0 Å². The number of nitrogens with zero attached hydrogens (tertiary/aromatic N) is 2. The average molecular weight is 344 g/mol. The van der Waals surface area contributed by atoms with Crippen LogP contribution in [0.25, 0.3) is 0 Å². The molecule has 0 saturated carbocycles. The summed E-state index contributed by atoms with van der Waals surface area (Å²) in [7, 11) is 0. The van der Waals surface area contributed by atoms with Crippen LogP contribution < -0.4 is 0 Å². The Morgan fingerprint density at radius 3 is 2.68 bits per heavy atom. The predicted octanol–water partition coefficient (Wildman–Crippen LogP) is 1.99. The summed E-state index contributed by atoms with van der Waals surface area (Å²) in [6.07, 6.45) is 2.86. The SMILES string of the molecule is CCC(=O)N1CCCCC1C(=O)N1Cc2ccccc2C(C(=O)O)C1. The molecule has 1 saturated heterocycles. The van der Waals surface area contributed by atoms with Crippen molar-refractivity contribution in [1.29, 1.82) is 0 Å². The number of hydrogen-bond donors (Lipinski definition) is 1. The fourth-order valence-electron chi connectivity index (χ4n) is 3.89. The van der Waals surface area contributed by atoms with E-state index in [-0.39, 0.29) is 18.4 Å². The summed E-state index contributed by atoms with van der Waals surface area (Å²) in [5, 5.41) is 9.57. The fourth-order valence-corrected chi connectivity index (χ4v) is 3.89. The van der Waals surface area contributed by atoms with Gasteiger partial charge in [0.2, 0.25) is 11.8 Å². The minimum absolute atomic E-state index is 0.00903. The van der Waals surface area contributed by atoms with E-state index in [0.717, 1.165) is 24.0 Å². The molecule has 2 unspecified atom stereocenters. The first-order valence-corrected chi connectivity index (χ1v) is 8.91. The number of carbonyl (C=O) groups is 3. The highest BCUT2D eigenvalue weighted by molar-refractivity contribution is 5.89. The summed E-state index contributed by atoms with van der Waals surface area (Å²) in [5.74, 6) is -1.77. The van der Waals surface area contributed by atoms with Gasteiger partial charge in [0.1, 0.15) is 6.04 Å². The molecule has 6 heteroatoms. The van der Waals surface area contributed by atoms with Gasteiger partial charge in [-0.3, -0.25) is 14.4 Å². The second-order valence-electron chi connectivity index (χ2n) is 6.76. The van der Waals surface area contributed by atoms with E-state index >= 15 is 0 Å². The Labute approximate surface area is 147 Å². The number of hydrogen-bond acceptors (Lipinski definition) is 3. The van der Waals surface area contributed by atoms with Gasteiger partial charge in [-0.2, -0.15) is 0 Å². The van der Waals surface area contributed by atoms with Gasteiger partial charge in [0, 0.05) is 26.1 Å². The Hall–Kier alpha value is -2.37. The number of aliphatic carboxylic acids is 1. The summed E-state index contributed by atoms with van der Waals surface area (Å²) < 4.78 is 0. The number of piperidine rings is 1. The Kier molecular flexibility index (Phi) is 5.06. The summed E-state index contributed by atoms with van der Waals surface area (Å²) in [5.41, 5.74) is 1.66. The first-order valence-electron chi connectivity index (χ1n) is 8.91. The van der Waals surface area contributed by atoms with Crippen molar-refractivity contribution in [2.24, 2.45) is 0 Å². The van der Waals surface area contributed by atoms with E-state index in [1.54, 1.807) is 16.7 Å². The van der Waals surface area contributed by atoms with Crippen molar-refractivity contribution >= 4 is 17.8 Å². The van der Waals surface area contributed by atoms with Crippen LogP contribution in [0.2, 0.25) is 0 Å². The third-order valence-corrected chi connectivity index (χ3v) is 5.22. The molecule has 1 N–H and O–H groups in total. The van der Waals surface area contributed by atoms with Gasteiger partial charge in [0.25, 0.3) is 0 Å². The molecule has 2 aliphatic heterocycles. The molecule has 134 valence electrons. The van der Waals surface area contributed by atoms with E-state index in [4.69, 9.17) is 0 Å². The molecule has 0 bridgehead atoms. The molecule has 1 aromatic rings. The van der Waals surface area contributed by atoms with Gasteiger partial charge in [0.05, 0.1) is 5.92 Å². The summed E-state index contributed by atoms with van der Waals surface area (Å²) in [6.45, 7) is 2.98. The van der Waals surface area contributed by atoms with Crippen molar-refractivity contribution in [3.63, 3.8) is 0 Å². The zero-order valence-electron chi connectivity index (χ0n) is 14.5. The van der Waals surface area contributed by atoms with Gasteiger partial charge in [-0.05, 0) is 30.4 Å². The van der Waals surface area contributed by atoms with Crippen LogP contribution in [0.4, 0.5) is 0 Å². The Morgan fingerprint density at radius 1 is 1.20 bits per heavy atom. The van der Waals surface area contributed by atoms with E-state index < -0.39 is 17.9 Å². The first kappa shape index (κ1) is 17.5. The highest BCUT2D eigenvalue weighted by Gasteiger charge is 2.38. The Bertz CT molecular complexity index is 688. The van der Waals surface area contributed by atoms with Gasteiger partial charge in [-0.1, -0.05) is 31.2 Å². The predicted molar refractivity (Wildman–Crippen MR) is 91.9 cm³/mol. The maximum absolute atomic E-state index is 13.1. The van der Waals surface area contributed by atoms with Crippen LogP contribution in [0.5, 0.6) is 0 Å². The molecule has 1 fully saturated rings. The van der Waals surface area contributed by atoms with E-state index in [1.165, 1.54) is 0 Å². The van der Waals surface area contributed by atoms with E-state index in [1.807, 2.05) is 24.3 Å². The van der Waals surface area contributed by atoms with Gasteiger partial charge < -0.3 is 14.9 Å². The third kappa shape index (κ3) is 3.38. The molecule has 1 aromatic carbocycles. The molecule has 2 amide bonds. The number of likely N-dealkylation sites (tertiary alicyclic amines) is 1. The molecule has 0 radical (unpaired) electrons. The lowest BCUT2D eigenvalue weighted by molar-refractivity contribution is -0.150. The zero-order chi connectivity index (χ0) is 18.0. The van der Waals surface area contributed by atoms with E-state index in [9.17, 15) is 19.5 Å². The molecule has 2 atom stereocenters. The molecule has 25 heavy (non-hydrogen) atoms. The molecule has 2 heterocycles. The number of rotatable bonds is 3. The van der Waals surface area contributed by atoms with Crippen LogP contribution in [0.15, 0.2) is 24.3 Å². The lowest BCUT2D eigenvalue weighted by Crippen LogP contribution is -2.54. The van der Waals surface area contributed by atoms with Gasteiger partial charge in [-0.25, -0.2) is 0 Å². The van der Waals surface area contributed by atoms with Crippen molar-refractivity contribution in [3.8, 4) is 0 Å². The molecular formula is C19H24N2O4. The first-order chi connectivity index (χ1) is 12.0. The molecule has 0 aliphatic carbocycles. The second-order valence-corrected chi connectivity index (χ2v) is 6.76. The fraction of sp³-hybridized carbons (Fsp3) is 0.526. The lowest BCUT2D eigenvalue weighted by Gasteiger charge is -2.40. The van der Waals surface area contributed by atoms with Crippen molar-refractivity contribution in [3.05, 3.63) is 35.4 Å². The normalized spacial score (nSPS) is 23.1. The number of fused-ring (bicyclic) bond motifs is 1. The smallest absolute Gasteiger partial charge is 0.312 e. The standard InChI is InChI=1S/C19H24N2O4/c1-2-17(22)21-10-6-5-9-16(21)18(23)20-11-13-7-3-4-8-14(13)15(12-20)19(24)25/h3-4,7-8,15-16H,2,5-6,9-12H2,1H3,(H,24,25). The quantitative estimate of drug-likeness (QED) is 0.909. The van der Waals surface area contributed by atoms with Gasteiger partial charge in [-0.15, -0.1) is 0 Å². The molecule has 3 rings (SSSR count). The third-order valence-electron chi connectivity index (χ3n) is 5.22. The maximum Gasteiger partial charge on any atom is 0.312 e. The molecular weight excluding hydrogens is 320 g/mol. The van der Waals surface area contributed by atoms with E-state index in [0.29, 0.717) is 25.9 Å². The van der Waals surface area contributed by atoms with Crippen molar-refractivity contribution in [1.82, 2.24) is 9.80 Å². The monoisotopic (exact) mass is 344 g/mol. The molecule has 6 nitrogen and oxygen atoms in total. The maximum atomic E-state index is 13.1. The lowest BCUT2D eigenvalue weighted by atomic mass is 9.89. The number of carbonyl (C=O) groups excluding carboxylic acids is 2. The Morgan fingerprint density at radius 2 is 1.96 bits per heavy atom. The number of amides is 2. The van der Waals surface area contributed by atoms with Gasteiger partial charge in [0.15, 0.2) is 0 Å². The highest BCUT2D eigenvalue weighted by Crippen LogP contribution is 2.30. The van der Waals surface area contributed by atoms with Crippen molar-refractivity contribution < 1.29 is 19.5 Å². The molecule has 0 spiro atoms. The minimum atomic E-state index is -0.921. The summed E-state index contributed by atoms with van der Waals surface area (Å²) in [4.78, 5) is 40.3. The van der Waals surface area contributed by atoms with E-state index in [2.05, 4.69) is 0 Å². The van der Waals surface area contributed by atoms with Crippen molar-refractivity contribution in [2.75, 3.05) is 13.1 Å². The van der Waals surface area contributed by atoms with Crippen LogP contribution in [-0.4, -0.2) is 51.8 Å². The number of benzene rings is 1. The van der Waals surface area contributed by atoms with Crippen LogP contribution >= 0.6 is 0 Å². The van der Waals surface area contributed by atoms with Crippen LogP contribution in [0.1, 0.15) is 49.7 Å². The van der Waals surface area contributed by atoms with Gasteiger partial charge >= 0.3 is 5.97 Å². The molecule has 2 aliphatic rings. The zero-order valence-corrected chi connectivity index (χ0v) is 14.5. The van der Waals surface area contributed by atoms with Crippen LogP contribution in [0.3, 0.4) is 0 Å². The summed E-state index contributed by atoms with van der Waals surface area (Å²) >= 11 is 0. The number of carboxylic acids is 1. The van der Waals surface area contributed by atoms with Crippen LogP contribution in [-0.2, 0) is 20.9 Å². The minimum Gasteiger partial charge on any atom is -0.481 e. The number of carboxylic acid groups (broad SMARTS) is 1. The topological polar surface area (TPSA) is 77.9 Å². The summed E-state index contributed by atoms with van der Waals surface area (Å²) in [6, 6.07) is 6.93. The highest BCUT2D eigenvalue weighted by atomic mass is 16.4.